The smallest absolute Gasteiger partial charge is 0.325 e. The summed E-state index contributed by atoms with van der Waals surface area (Å²) < 4.78 is 27.0. The quantitative estimate of drug-likeness (QED) is 0.519. The Bertz CT molecular complexity index is 1030. The van der Waals surface area contributed by atoms with Crippen molar-refractivity contribution in [2.24, 2.45) is 5.73 Å². The number of ketones is 1. The molecule has 0 bridgehead atoms. The van der Waals surface area contributed by atoms with Crippen LogP contribution in [-0.4, -0.2) is 40.6 Å². The van der Waals surface area contributed by atoms with Crippen molar-refractivity contribution in [3.05, 3.63) is 59.7 Å². The number of carbonyl (C=O) groups excluding carboxylic acids is 3. The molecule has 3 N–H and O–H groups in total. The molecule has 1 aliphatic heterocycles. The number of nitrogens with one attached hydrogen (secondary N) is 1. The number of imide groups is 1. The van der Waals surface area contributed by atoms with Gasteiger partial charge in [-0.15, -0.1) is 12.4 Å². The molecule has 1 heterocycles. The van der Waals surface area contributed by atoms with E-state index in [-0.39, 0.29) is 25.2 Å². The number of Topliss-reactive ketones (excluding diaryl/α,β-unsaturated/α-hetero) is 1. The first-order valence-corrected chi connectivity index (χ1v) is 10.2. The van der Waals surface area contributed by atoms with Gasteiger partial charge >= 0.3 is 6.03 Å². The zero-order chi connectivity index (χ0) is 22.2. The second kappa shape index (κ2) is 8.96. The number of nitrogens with two attached hydrogens (primary N) is 1. The maximum atomic E-state index is 13.5. The third-order valence-electron chi connectivity index (χ3n) is 6.14. The standard InChI is InChI=1S/C23H23F2N3O3.ClH/c24-23(25)11-9-22(10-12-23)20(30)28(21(31)27-22)14-19(29)16-7-5-15(6-8-16)18-4-2-1-3-17(18)13-26;/h1-8H,9-14,26H2,(H,27,31);1H. The van der Waals surface area contributed by atoms with E-state index in [1.54, 1.807) is 24.3 Å². The largest absolute Gasteiger partial charge is 0.326 e. The fourth-order valence-corrected chi connectivity index (χ4v) is 4.25. The first-order valence-electron chi connectivity index (χ1n) is 10.2. The van der Waals surface area contributed by atoms with Gasteiger partial charge in [0.1, 0.15) is 5.54 Å². The number of hydrogen-bond acceptors (Lipinski definition) is 4. The van der Waals surface area contributed by atoms with Gasteiger partial charge in [0.25, 0.3) is 5.91 Å². The van der Waals surface area contributed by atoms with Crippen molar-refractivity contribution < 1.29 is 23.2 Å². The van der Waals surface area contributed by atoms with Gasteiger partial charge in [0.2, 0.25) is 5.92 Å². The summed E-state index contributed by atoms with van der Waals surface area (Å²) in [6.45, 7) is -0.0434. The number of alkyl halides is 2. The molecule has 0 unspecified atom stereocenters. The van der Waals surface area contributed by atoms with E-state index >= 15 is 0 Å². The molecule has 170 valence electrons. The van der Waals surface area contributed by atoms with Crippen LogP contribution < -0.4 is 11.1 Å². The number of halogens is 3. The van der Waals surface area contributed by atoms with E-state index in [0.717, 1.165) is 21.6 Å². The van der Waals surface area contributed by atoms with E-state index in [9.17, 15) is 23.2 Å². The van der Waals surface area contributed by atoms with Crippen LogP contribution in [-0.2, 0) is 11.3 Å². The van der Waals surface area contributed by atoms with Crippen LogP contribution in [0, 0.1) is 0 Å². The Morgan fingerprint density at radius 3 is 2.25 bits per heavy atom. The summed E-state index contributed by atoms with van der Waals surface area (Å²) in [5.41, 5.74) is 7.66. The predicted molar refractivity (Wildman–Crippen MR) is 118 cm³/mol. The zero-order valence-electron chi connectivity index (χ0n) is 17.3. The lowest BCUT2D eigenvalue weighted by atomic mass is 9.80. The monoisotopic (exact) mass is 463 g/mol. The van der Waals surface area contributed by atoms with Gasteiger partial charge in [-0.25, -0.2) is 13.6 Å². The van der Waals surface area contributed by atoms with Crippen molar-refractivity contribution in [3.8, 4) is 11.1 Å². The lowest BCUT2D eigenvalue weighted by Gasteiger charge is -2.34. The highest BCUT2D eigenvalue weighted by Crippen LogP contribution is 2.41. The summed E-state index contributed by atoms with van der Waals surface area (Å²) in [6, 6.07) is 13.8. The number of rotatable bonds is 5. The predicted octanol–water partition coefficient (Wildman–Crippen LogP) is 3.92. The van der Waals surface area contributed by atoms with Crippen molar-refractivity contribution in [2.75, 3.05) is 6.54 Å². The number of benzene rings is 2. The first-order chi connectivity index (χ1) is 14.7. The van der Waals surface area contributed by atoms with E-state index in [4.69, 9.17) is 5.73 Å². The van der Waals surface area contributed by atoms with Crippen molar-refractivity contribution in [1.29, 1.82) is 0 Å². The highest BCUT2D eigenvalue weighted by Gasteiger charge is 2.55. The molecule has 2 aromatic carbocycles. The molecule has 1 aliphatic carbocycles. The van der Waals surface area contributed by atoms with Gasteiger partial charge in [0.15, 0.2) is 5.78 Å². The molecule has 1 saturated heterocycles. The normalized spacial score (nSPS) is 18.9. The third-order valence-corrected chi connectivity index (χ3v) is 6.14. The fraction of sp³-hybridized carbons (Fsp3) is 0.348. The summed E-state index contributed by atoms with van der Waals surface area (Å²) in [4.78, 5) is 38.7. The summed E-state index contributed by atoms with van der Waals surface area (Å²) in [5.74, 6) is -3.83. The van der Waals surface area contributed by atoms with E-state index < -0.39 is 48.6 Å². The highest BCUT2D eigenvalue weighted by molar-refractivity contribution is 6.11. The summed E-state index contributed by atoms with van der Waals surface area (Å²) >= 11 is 0. The van der Waals surface area contributed by atoms with Gasteiger partial charge < -0.3 is 11.1 Å². The average Bonchev–Trinajstić information content (AvgIpc) is 3.00. The minimum absolute atomic E-state index is 0. The van der Waals surface area contributed by atoms with Crippen LogP contribution in [0.5, 0.6) is 0 Å². The van der Waals surface area contributed by atoms with Crippen LogP contribution in [0.15, 0.2) is 48.5 Å². The van der Waals surface area contributed by atoms with Crippen LogP contribution in [0.3, 0.4) is 0 Å². The van der Waals surface area contributed by atoms with Crippen LogP contribution >= 0.6 is 12.4 Å². The number of nitrogens with zero attached hydrogens (tertiary/aromatic N) is 1. The van der Waals surface area contributed by atoms with Gasteiger partial charge in [-0.1, -0.05) is 48.5 Å². The maximum Gasteiger partial charge on any atom is 0.325 e. The van der Waals surface area contributed by atoms with Crippen molar-refractivity contribution in [3.63, 3.8) is 0 Å². The molecular weight excluding hydrogens is 440 g/mol. The Morgan fingerprint density at radius 1 is 1.00 bits per heavy atom. The Balaban J connectivity index is 0.00000289. The van der Waals surface area contributed by atoms with Crippen molar-refractivity contribution >= 4 is 30.1 Å². The average molecular weight is 464 g/mol. The summed E-state index contributed by atoms with van der Waals surface area (Å²) in [6.07, 6.45) is -1.20. The third kappa shape index (κ3) is 4.38. The van der Waals surface area contributed by atoms with Crippen molar-refractivity contribution in [2.45, 2.75) is 43.7 Å². The second-order valence-electron chi connectivity index (χ2n) is 8.12. The molecule has 1 saturated carbocycles. The minimum Gasteiger partial charge on any atom is -0.326 e. The molecule has 4 rings (SSSR count). The second-order valence-corrected chi connectivity index (χ2v) is 8.12. The summed E-state index contributed by atoms with van der Waals surface area (Å²) in [5, 5.41) is 2.55. The Morgan fingerprint density at radius 2 is 1.62 bits per heavy atom. The Kier molecular flexibility index (Phi) is 6.67. The fourth-order valence-electron chi connectivity index (χ4n) is 4.25. The molecule has 2 fully saturated rings. The number of urea groups is 1. The lowest BCUT2D eigenvalue weighted by Crippen LogP contribution is -2.51. The maximum absolute atomic E-state index is 13.5. The van der Waals surface area contributed by atoms with Crippen LogP contribution in [0.2, 0.25) is 0 Å². The van der Waals surface area contributed by atoms with Crippen LogP contribution in [0.1, 0.15) is 41.6 Å². The molecule has 9 heteroatoms. The number of amides is 3. The van der Waals surface area contributed by atoms with Crippen LogP contribution in [0.25, 0.3) is 11.1 Å². The highest BCUT2D eigenvalue weighted by atomic mass is 35.5. The minimum atomic E-state index is -2.83. The van der Waals surface area contributed by atoms with Gasteiger partial charge in [0.05, 0.1) is 6.54 Å². The molecule has 0 atom stereocenters. The molecule has 1 spiro atoms. The number of carbonyl (C=O) groups is 3. The molecule has 32 heavy (non-hydrogen) atoms. The lowest BCUT2D eigenvalue weighted by molar-refractivity contribution is -0.135. The van der Waals surface area contributed by atoms with Gasteiger partial charge in [-0.05, 0) is 29.5 Å². The molecule has 3 amide bonds. The topological polar surface area (TPSA) is 92.5 Å². The van der Waals surface area contributed by atoms with Gasteiger partial charge in [0, 0.05) is 24.9 Å². The number of hydrogen-bond donors (Lipinski definition) is 2. The van der Waals surface area contributed by atoms with E-state index in [0.29, 0.717) is 12.1 Å². The van der Waals surface area contributed by atoms with E-state index in [1.807, 2.05) is 24.3 Å². The molecule has 0 aromatic heterocycles. The zero-order valence-corrected chi connectivity index (χ0v) is 18.1. The molecule has 2 aromatic rings. The van der Waals surface area contributed by atoms with E-state index in [1.165, 1.54) is 0 Å². The van der Waals surface area contributed by atoms with Gasteiger partial charge in [-0.2, -0.15) is 0 Å². The molecular formula is C23H24ClF2N3O3. The Labute approximate surface area is 190 Å². The first kappa shape index (κ1) is 23.8. The summed E-state index contributed by atoms with van der Waals surface area (Å²) in [7, 11) is 0. The van der Waals surface area contributed by atoms with Crippen LogP contribution in [0.4, 0.5) is 13.6 Å². The SMILES string of the molecule is Cl.NCc1ccccc1-c1ccc(C(=O)CN2C(=O)NC3(CCC(F)(F)CC3)C2=O)cc1. The Hall–Kier alpha value is -2.84. The van der Waals surface area contributed by atoms with Crippen molar-refractivity contribution in [1.82, 2.24) is 10.2 Å². The van der Waals surface area contributed by atoms with E-state index in [2.05, 4.69) is 5.32 Å². The molecule has 0 radical (unpaired) electrons. The molecule has 6 nitrogen and oxygen atoms in total. The van der Waals surface area contributed by atoms with Gasteiger partial charge in [-0.3, -0.25) is 14.5 Å². The molecule has 2 aliphatic rings.